The molecule has 0 spiro atoms. The van der Waals surface area contributed by atoms with Crippen molar-refractivity contribution in [3.8, 4) is 0 Å². The number of aromatic nitrogens is 1. The molecule has 98 valence electrons. The van der Waals surface area contributed by atoms with Crippen molar-refractivity contribution in [1.29, 1.82) is 0 Å². The summed E-state index contributed by atoms with van der Waals surface area (Å²) in [5.41, 5.74) is 9.10. The van der Waals surface area contributed by atoms with Crippen molar-refractivity contribution >= 4 is 28.9 Å². The summed E-state index contributed by atoms with van der Waals surface area (Å²) < 4.78 is 0. The third kappa shape index (κ3) is 2.19. The van der Waals surface area contributed by atoms with Gasteiger partial charge in [-0.05, 0) is 42.7 Å². The molecule has 5 heteroatoms. The van der Waals surface area contributed by atoms with Gasteiger partial charge in [-0.25, -0.2) is 0 Å². The Labute approximate surface area is 116 Å². The number of carbonyl (C=O) groups is 1. The Hall–Kier alpha value is -1.94. The molecule has 1 aromatic carbocycles. The summed E-state index contributed by atoms with van der Waals surface area (Å²) >= 11 is 5.85. The molecule has 0 radical (unpaired) electrons. The maximum absolute atomic E-state index is 12.5. The topological polar surface area (TPSA) is 62.1 Å². The Bertz CT molecular complexity index is 635. The number of nitrogens with one attached hydrogen (secondary N) is 1. The van der Waals surface area contributed by atoms with Crippen molar-refractivity contribution in [2.75, 3.05) is 17.2 Å². The van der Waals surface area contributed by atoms with E-state index in [1.165, 1.54) is 0 Å². The number of amides is 1. The van der Waals surface area contributed by atoms with E-state index in [0.29, 0.717) is 17.3 Å². The summed E-state index contributed by atoms with van der Waals surface area (Å²) in [4.78, 5) is 17.1. The van der Waals surface area contributed by atoms with E-state index in [4.69, 9.17) is 17.3 Å². The van der Waals surface area contributed by atoms with Crippen LogP contribution in [0.25, 0.3) is 0 Å². The number of aryl methyl sites for hydroxylation is 1. The molecule has 0 saturated heterocycles. The van der Waals surface area contributed by atoms with Gasteiger partial charge in [-0.2, -0.15) is 0 Å². The summed E-state index contributed by atoms with van der Waals surface area (Å²) in [5.74, 6) is -0.0578. The summed E-state index contributed by atoms with van der Waals surface area (Å²) in [6.07, 6.45) is 3.51. The molecule has 0 bridgehead atoms. The number of fused-ring (bicyclic) bond motifs is 1. The summed E-state index contributed by atoms with van der Waals surface area (Å²) in [6, 6.07) is 7.32. The molecule has 1 aliphatic rings. The van der Waals surface area contributed by atoms with Gasteiger partial charge in [0, 0.05) is 24.1 Å². The van der Waals surface area contributed by atoms with Crippen molar-refractivity contribution in [2.24, 2.45) is 0 Å². The monoisotopic (exact) mass is 275 g/mol. The van der Waals surface area contributed by atoms with Gasteiger partial charge >= 0.3 is 0 Å². The van der Waals surface area contributed by atoms with Gasteiger partial charge in [0.15, 0.2) is 0 Å². The maximum Gasteiger partial charge on any atom is 0.274 e. The Morgan fingerprint density at radius 2 is 2.21 bits per heavy atom. The first kappa shape index (κ1) is 12.1. The second-order valence-electron chi connectivity index (χ2n) is 4.68. The second-order valence-corrected chi connectivity index (χ2v) is 5.12. The predicted octanol–water partition coefficient (Wildman–Crippen LogP) is 2.84. The zero-order valence-corrected chi connectivity index (χ0v) is 11.1. The summed E-state index contributed by atoms with van der Waals surface area (Å²) in [7, 11) is 0. The number of carbonyl (C=O) groups excluding carboxylic acids is 1. The van der Waals surface area contributed by atoms with Crippen LogP contribution in [0.3, 0.4) is 0 Å². The van der Waals surface area contributed by atoms with E-state index >= 15 is 0 Å². The average molecular weight is 276 g/mol. The fraction of sp³-hybridized carbons (Fsp3) is 0.214. The quantitative estimate of drug-likeness (QED) is 0.786. The highest BCUT2D eigenvalue weighted by atomic mass is 35.5. The molecule has 1 amide bonds. The molecule has 2 heterocycles. The van der Waals surface area contributed by atoms with Gasteiger partial charge in [0.1, 0.15) is 5.69 Å². The first-order valence-electron chi connectivity index (χ1n) is 6.19. The Morgan fingerprint density at radius 3 is 2.95 bits per heavy atom. The van der Waals surface area contributed by atoms with Crippen LogP contribution in [0.5, 0.6) is 0 Å². The molecule has 0 unspecified atom stereocenters. The van der Waals surface area contributed by atoms with Crippen LogP contribution in [-0.4, -0.2) is 17.4 Å². The van der Waals surface area contributed by atoms with Gasteiger partial charge in [-0.1, -0.05) is 11.6 Å². The van der Waals surface area contributed by atoms with Crippen molar-refractivity contribution in [3.05, 3.63) is 46.7 Å². The highest BCUT2D eigenvalue weighted by Crippen LogP contribution is 2.30. The van der Waals surface area contributed by atoms with Crippen LogP contribution >= 0.6 is 11.6 Å². The SMILES string of the molecule is Nc1ccc2c(c1)CCCN2C(=O)c1cc(Cl)c[nH]1. The van der Waals surface area contributed by atoms with E-state index in [-0.39, 0.29) is 5.91 Å². The number of aromatic amines is 1. The van der Waals surface area contributed by atoms with E-state index in [9.17, 15) is 4.79 Å². The lowest BCUT2D eigenvalue weighted by Gasteiger charge is -2.29. The van der Waals surface area contributed by atoms with Gasteiger partial charge in [0.05, 0.1) is 5.02 Å². The van der Waals surface area contributed by atoms with Gasteiger partial charge in [0.2, 0.25) is 0 Å². The predicted molar refractivity (Wildman–Crippen MR) is 76.7 cm³/mol. The van der Waals surface area contributed by atoms with Crippen LogP contribution in [0, 0.1) is 0 Å². The largest absolute Gasteiger partial charge is 0.399 e. The van der Waals surface area contributed by atoms with Crippen molar-refractivity contribution in [2.45, 2.75) is 12.8 Å². The highest BCUT2D eigenvalue weighted by Gasteiger charge is 2.24. The number of benzene rings is 1. The van der Waals surface area contributed by atoms with Gasteiger partial charge in [-0.15, -0.1) is 0 Å². The number of H-pyrrole nitrogens is 1. The number of nitrogens with zero attached hydrogens (tertiary/aromatic N) is 1. The molecular formula is C14H14ClN3O. The molecule has 4 nitrogen and oxygen atoms in total. The fourth-order valence-electron chi connectivity index (χ4n) is 2.46. The van der Waals surface area contributed by atoms with Crippen molar-refractivity contribution < 1.29 is 4.79 Å². The normalized spacial score (nSPS) is 14.3. The minimum absolute atomic E-state index is 0.0578. The van der Waals surface area contributed by atoms with E-state index in [1.54, 1.807) is 17.2 Å². The Kier molecular flexibility index (Phi) is 2.95. The maximum atomic E-state index is 12.5. The average Bonchev–Trinajstić information content (AvgIpc) is 2.83. The molecule has 0 saturated carbocycles. The number of anilines is 2. The minimum Gasteiger partial charge on any atom is -0.399 e. The van der Waals surface area contributed by atoms with E-state index in [2.05, 4.69) is 4.98 Å². The number of hydrogen-bond acceptors (Lipinski definition) is 2. The molecule has 1 aliphatic heterocycles. The molecule has 0 atom stereocenters. The third-order valence-electron chi connectivity index (χ3n) is 3.35. The molecule has 1 aromatic heterocycles. The molecule has 0 fully saturated rings. The molecular weight excluding hydrogens is 262 g/mol. The minimum atomic E-state index is -0.0578. The summed E-state index contributed by atoms with van der Waals surface area (Å²) in [6.45, 7) is 0.715. The Balaban J connectivity index is 1.97. The Morgan fingerprint density at radius 1 is 1.37 bits per heavy atom. The standard InChI is InChI=1S/C14H14ClN3O/c15-10-7-12(17-8-10)14(19)18-5-1-2-9-6-11(16)3-4-13(9)18/h3-4,6-8,17H,1-2,5,16H2. The van der Waals surface area contributed by atoms with Crippen LogP contribution in [0.2, 0.25) is 5.02 Å². The van der Waals surface area contributed by atoms with E-state index in [1.807, 2.05) is 18.2 Å². The summed E-state index contributed by atoms with van der Waals surface area (Å²) in [5, 5.41) is 0.540. The smallest absolute Gasteiger partial charge is 0.274 e. The molecule has 19 heavy (non-hydrogen) atoms. The van der Waals surface area contributed by atoms with Crippen LogP contribution in [-0.2, 0) is 6.42 Å². The van der Waals surface area contributed by atoms with Crippen LogP contribution in [0.15, 0.2) is 30.5 Å². The third-order valence-corrected chi connectivity index (χ3v) is 3.56. The number of rotatable bonds is 1. The van der Waals surface area contributed by atoms with Crippen molar-refractivity contribution in [3.63, 3.8) is 0 Å². The second kappa shape index (κ2) is 4.63. The lowest BCUT2D eigenvalue weighted by molar-refractivity contribution is 0.0981. The zero-order valence-electron chi connectivity index (χ0n) is 10.3. The first-order valence-corrected chi connectivity index (χ1v) is 6.57. The molecule has 0 aliphatic carbocycles. The number of halogens is 1. The molecule has 3 rings (SSSR count). The van der Waals surface area contributed by atoms with Crippen LogP contribution in [0.1, 0.15) is 22.5 Å². The first-order chi connectivity index (χ1) is 9.15. The molecule has 2 aromatic rings. The lowest BCUT2D eigenvalue weighted by Crippen LogP contribution is -2.35. The van der Waals surface area contributed by atoms with Crippen LogP contribution < -0.4 is 10.6 Å². The van der Waals surface area contributed by atoms with Gasteiger partial charge in [-0.3, -0.25) is 4.79 Å². The van der Waals surface area contributed by atoms with Gasteiger partial charge < -0.3 is 15.6 Å². The van der Waals surface area contributed by atoms with Gasteiger partial charge in [0.25, 0.3) is 5.91 Å². The molecule has 3 N–H and O–H groups in total. The van der Waals surface area contributed by atoms with E-state index in [0.717, 1.165) is 29.8 Å². The number of hydrogen-bond donors (Lipinski definition) is 2. The van der Waals surface area contributed by atoms with Crippen LogP contribution in [0.4, 0.5) is 11.4 Å². The van der Waals surface area contributed by atoms with E-state index < -0.39 is 0 Å². The zero-order chi connectivity index (χ0) is 13.4. The fourth-order valence-corrected chi connectivity index (χ4v) is 2.63. The highest BCUT2D eigenvalue weighted by molar-refractivity contribution is 6.31. The lowest BCUT2D eigenvalue weighted by atomic mass is 10.0. The number of nitrogens with two attached hydrogens (primary N) is 1. The number of nitrogen functional groups attached to an aromatic ring is 1. The van der Waals surface area contributed by atoms with Crippen molar-refractivity contribution in [1.82, 2.24) is 4.98 Å².